The Labute approximate surface area is 284 Å². The van der Waals surface area contributed by atoms with Crippen molar-refractivity contribution >= 4 is 69.6 Å². The molecule has 1 unspecified atom stereocenters. The summed E-state index contributed by atoms with van der Waals surface area (Å²) in [4.78, 5) is 0. The largest absolute Gasteiger partial charge is 0.314 e. The standard InChI is InChI=1S/C43H36O2P2Si/c1-46(44,35-17-7-2-8-18-35)36-27-31-42(32-28-36)48(40-23-13-5-14-24-40,41-25-15-6-16-26-41)43-33-29-39(30-34-43)47(45,37-19-9-3-10-20-37)38-21-11-4-12-22-38/h2-34H,1H3. The smallest absolute Gasteiger partial charge is 0.179 e. The molecule has 0 radical (unpaired) electrons. The molecule has 5 heteroatoms. The van der Waals surface area contributed by atoms with Crippen molar-refractivity contribution in [1.82, 2.24) is 0 Å². The zero-order valence-electron chi connectivity index (χ0n) is 26.8. The molecule has 0 amide bonds. The van der Waals surface area contributed by atoms with Crippen LogP contribution in [0.25, 0.3) is 0 Å². The van der Waals surface area contributed by atoms with E-state index in [0.29, 0.717) is 0 Å². The van der Waals surface area contributed by atoms with Gasteiger partial charge in [-0.05, 0) is 27.4 Å². The van der Waals surface area contributed by atoms with E-state index in [2.05, 4.69) is 109 Å². The van der Waals surface area contributed by atoms with E-state index in [1.54, 1.807) is 0 Å². The van der Waals surface area contributed by atoms with Crippen molar-refractivity contribution < 1.29 is 9.13 Å². The van der Waals surface area contributed by atoms with Gasteiger partial charge in [-0.1, -0.05) is 200 Å². The Kier molecular flexibility index (Phi) is 8.86. The minimum Gasteiger partial charge on any atom is -0.314 e. The molecular weight excluding hydrogens is 639 g/mol. The zero-order valence-corrected chi connectivity index (χ0v) is 29.6. The van der Waals surface area contributed by atoms with E-state index in [1.807, 2.05) is 97.7 Å². The minimum atomic E-state index is -3.13. The van der Waals surface area contributed by atoms with Gasteiger partial charge in [0.25, 0.3) is 0 Å². The third kappa shape index (κ3) is 5.59. The first-order valence-electron chi connectivity index (χ1n) is 16.1. The van der Waals surface area contributed by atoms with Crippen molar-refractivity contribution in [3.63, 3.8) is 0 Å². The first kappa shape index (κ1) is 31.8. The van der Waals surface area contributed by atoms with Gasteiger partial charge in [-0.2, -0.15) is 0 Å². The van der Waals surface area contributed by atoms with Gasteiger partial charge in [-0.3, -0.25) is 0 Å². The summed E-state index contributed by atoms with van der Waals surface area (Å²) >= 11 is 0. The Balaban J connectivity index is 1.43. The fourth-order valence-electron chi connectivity index (χ4n) is 6.88. The van der Waals surface area contributed by atoms with Gasteiger partial charge in [0.2, 0.25) is 0 Å². The quantitative estimate of drug-likeness (QED) is 0.113. The van der Waals surface area contributed by atoms with Crippen LogP contribution in [0.5, 0.6) is 0 Å². The van der Waals surface area contributed by atoms with Gasteiger partial charge in [0.15, 0.2) is 15.2 Å². The third-order valence-corrected chi connectivity index (χ3v) is 19.8. The normalized spacial score (nSPS) is 13.0. The Bertz CT molecular complexity index is 2120. The average molecular weight is 675 g/mol. The molecule has 0 N–H and O–H groups in total. The molecule has 7 aromatic rings. The maximum Gasteiger partial charge on any atom is 0.179 e. The van der Waals surface area contributed by atoms with Crippen LogP contribution in [-0.2, 0) is 9.13 Å². The van der Waals surface area contributed by atoms with E-state index in [-0.39, 0.29) is 0 Å². The molecule has 0 aliphatic rings. The highest BCUT2D eigenvalue weighted by Gasteiger charge is 2.42. The summed E-state index contributed by atoms with van der Waals surface area (Å²) in [5, 5.41) is 8.99. The van der Waals surface area contributed by atoms with Crippen molar-refractivity contribution in [2.75, 3.05) is 6.66 Å². The van der Waals surface area contributed by atoms with Crippen molar-refractivity contribution in [1.29, 1.82) is 0 Å². The zero-order chi connectivity index (χ0) is 33.0. The molecule has 0 spiro atoms. The molecule has 0 aliphatic heterocycles. The molecule has 0 heterocycles. The fourth-order valence-corrected chi connectivity index (χ4v) is 16.0. The Morgan fingerprint density at radius 1 is 0.312 bits per heavy atom. The second-order valence-corrected chi connectivity index (χ2v) is 21.6. The maximum absolute atomic E-state index is 15.2. The number of hydrogen-bond donors (Lipinski definition) is 0. The molecule has 48 heavy (non-hydrogen) atoms. The molecule has 0 saturated heterocycles. The molecule has 2 nitrogen and oxygen atoms in total. The van der Waals surface area contributed by atoms with Crippen molar-refractivity contribution in [3.05, 3.63) is 200 Å². The Hall–Kier alpha value is -4.78. The lowest BCUT2D eigenvalue weighted by Crippen LogP contribution is -2.74. The van der Waals surface area contributed by atoms with Gasteiger partial charge in [-0.15, -0.1) is 0 Å². The van der Waals surface area contributed by atoms with E-state index in [0.717, 1.165) is 26.5 Å². The van der Waals surface area contributed by atoms with Crippen LogP contribution < -0.4 is 47.3 Å². The van der Waals surface area contributed by atoms with E-state index in [9.17, 15) is 4.57 Å². The molecule has 1 atom stereocenters. The van der Waals surface area contributed by atoms with Crippen LogP contribution in [0.2, 0.25) is 0 Å². The predicted octanol–water partition coefficient (Wildman–Crippen LogP) is 5.65. The van der Waals surface area contributed by atoms with Gasteiger partial charge in [0.1, 0.15) is 7.14 Å². The van der Waals surface area contributed by atoms with E-state index >= 15 is 4.57 Å². The molecule has 7 rings (SSSR count). The van der Waals surface area contributed by atoms with Crippen molar-refractivity contribution in [3.8, 4) is 0 Å². The van der Waals surface area contributed by atoms with Crippen LogP contribution in [0.15, 0.2) is 200 Å². The topological polar surface area (TPSA) is 34.1 Å². The second-order valence-electron chi connectivity index (χ2n) is 12.1. The molecule has 0 fully saturated rings. The van der Waals surface area contributed by atoms with Gasteiger partial charge < -0.3 is 9.13 Å². The molecule has 0 aromatic heterocycles. The average Bonchev–Trinajstić information content (AvgIpc) is 3.17. The summed E-state index contributed by atoms with van der Waals surface area (Å²) in [6.45, 7) is 1.85. The minimum absolute atomic E-state index is 0.804. The number of rotatable bonds is 9. The second kappa shape index (κ2) is 13.4. The third-order valence-electron chi connectivity index (χ3n) is 9.36. The van der Waals surface area contributed by atoms with E-state index in [4.69, 9.17) is 0 Å². The first-order chi connectivity index (χ1) is 23.4. The maximum atomic E-state index is 15.2. The van der Waals surface area contributed by atoms with Crippen LogP contribution in [0.3, 0.4) is 0 Å². The fraction of sp³-hybridized carbons (Fsp3) is 0.0233. The lowest BCUT2D eigenvalue weighted by Gasteiger charge is -2.35. The summed E-state index contributed by atoms with van der Waals surface area (Å²) in [6, 6.07) is 67.9. The summed E-state index contributed by atoms with van der Waals surface area (Å²) < 4.78 is 29.4. The van der Waals surface area contributed by atoms with Gasteiger partial charge >= 0.3 is 0 Å². The van der Waals surface area contributed by atoms with Crippen LogP contribution in [0.1, 0.15) is 0 Å². The van der Waals surface area contributed by atoms with Crippen molar-refractivity contribution in [2.24, 2.45) is 0 Å². The van der Waals surface area contributed by atoms with E-state index < -0.39 is 22.4 Å². The monoisotopic (exact) mass is 674 g/mol. The first-order valence-corrected chi connectivity index (χ1v) is 22.0. The SMILES string of the molecule is CP(=O)(c1ccccc1)c1ccc([Si](c2ccccc2)(c2ccccc2)c2ccc(P(=O)(c3ccccc3)c3ccccc3)cc2)cc1. The Morgan fingerprint density at radius 3 is 0.938 bits per heavy atom. The summed E-state index contributed by atoms with van der Waals surface area (Å²) in [5.41, 5.74) is 0. The van der Waals surface area contributed by atoms with Gasteiger partial charge in [0, 0.05) is 26.5 Å². The highest BCUT2D eigenvalue weighted by Crippen LogP contribution is 2.42. The number of hydrogen-bond acceptors (Lipinski definition) is 2. The molecule has 0 aliphatic carbocycles. The summed E-state index contributed by atoms with van der Waals surface area (Å²) in [7, 11) is -8.80. The summed E-state index contributed by atoms with van der Waals surface area (Å²) in [5.74, 6) is 0. The van der Waals surface area contributed by atoms with Crippen molar-refractivity contribution in [2.45, 2.75) is 0 Å². The molecule has 0 bridgehead atoms. The van der Waals surface area contributed by atoms with Crippen LogP contribution >= 0.6 is 14.3 Å². The van der Waals surface area contributed by atoms with E-state index in [1.165, 1.54) is 20.7 Å². The molecule has 0 saturated carbocycles. The lowest BCUT2D eigenvalue weighted by atomic mass is 10.3. The molecular formula is C43H36O2P2Si. The van der Waals surface area contributed by atoms with Gasteiger partial charge in [0.05, 0.1) is 0 Å². The Morgan fingerprint density at radius 2 is 0.562 bits per heavy atom. The highest BCUT2D eigenvalue weighted by atomic mass is 31.2. The lowest BCUT2D eigenvalue weighted by molar-refractivity contribution is 0.590. The van der Waals surface area contributed by atoms with Crippen LogP contribution in [0, 0.1) is 0 Å². The van der Waals surface area contributed by atoms with Crippen LogP contribution in [-0.4, -0.2) is 14.7 Å². The predicted molar refractivity (Wildman–Crippen MR) is 209 cm³/mol. The van der Waals surface area contributed by atoms with Gasteiger partial charge in [-0.25, -0.2) is 0 Å². The number of benzene rings is 7. The molecule has 234 valence electrons. The molecule has 7 aromatic carbocycles. The summed E-state index contributed by atoms with van der Waals surface area (Å²) in [6.07, 6.45) is 0. The van der Waals surface area contributed by atoms with Crippen LogP contribution in [0.4, 0.5) is 0 Å². The highest BCUT2D eigenvalue weighted by molar-refractivity contribution is 7.85.